The Kier molecular flexibility index (Phi) is 3.21. The summed E-state index contributed by atoms with van der Waals surface area (Å²) in [6.07, 6.45) is 1.73. The van der Waals surface area contributed by atoms with Crippen molar-refractivity contribution in [3.8, 4) is 0 Å². The first-order valence-corrected chi connectivity index (χ1v) is 6.60. The molecule has 0 fully saturated rings. The minimum Gasteiger partial charge on any atom is -0.326 e. The predicted molar refractivity (Wildman–Crippen MR) is 80.6 cm³/mol. The Hall–Kier alpha value is -2.62. The molecule has 0 unspecified atom stereocenters. The summed E-state index contributed by atoms with van der Waals surface area (Å²) in [6, 6.07) is 17.1. The zero-order valence-electron chi connectivity index (χ0n) is 11.2. The topological polar surface area (TPSA) is 37.6 Å². The van der Waals surface area contributed by atoms with Gasteiger partial charge in [0.2, 0.25) is 0 Å². The summed E-state index contributed by atoms with van der Waals surface area (Å²) < 4.78 is 1.54. The van der Waals surface area contributed by atoms with E-state index in [1.165, 1.54) is 0 Å². The van der Waals surface area contributed by atoms with Gasteiger partial charge in [-0.05, 0) is 31.2 Å². The normalized spacial score (nSPS) is 10.7. The van der Waals surface area contributed by atoms with Gasteiger partial charge in [-0.2, -0.15) is 0 Å². The number of nitrogens with zero attached hydrogens (tertiary/aromatic N) is 3. The van der Waals surface area contributed by atoms with Crippen molar-refractivity contribution in [1.82, 2.24) is 9.38 Å². The van der Waals surface area contributed by atoms with E-state index in [0.717, 1.165) is 12.2 Å². The summed E-state index contributed by atoms with van der Waals surface area (Å²) >= 11 is 0. The van der Waals surface area contributed by atoms with Crippen molar-refractivity contribution in [3.63, 3.8) is 0 Å². The number of pyridine rings is 1. The third-order valence-electron chi connectivity index (χ3n) is 3.22. The van der Waals surface area contributed by atoms with E-state index < -0.39 is 0 Å². The average Bonchev–Trinajstić information content (AvgIpc) is 2.49. The highest BCUT2D eigenvalue weighted by atomic mass is 16.1. The predicted octanol–water partition coefficient (Wildman–Crippen LogP) is 2.85. The highest BCUT2D eigenvalue weighted by Gasteiger charge is 2.10. The maximum atomic E-state index is 12.1. The number of benzene rings is 1. The quantitative estimate of drug-likeness (QED) is 0.730. The van der Waals surface area contributed by atoms with E-state index in [9.17, 15) is 4.79 Å². The highest BCUT2D eigenvalue weighted by molar-refractivity contribution is 5.61. The number of fused-ring (bicyclic) bond motifs is 1. The van der Waals surface area contributed by atoms with Crippen LogP contribution in [0.1, 0.15) is 6.92 Å². The van der Waals surface area contributed by atoms with Gasteiger partial charge in [0.25, 0.3) is 5.56 Å². The molecule has 2 heterocycles. The molecule has 0 saturated heterocycles. The van der Waals surface area contributed by atoms with E-state index >= 15 is 0 Å². The molecule has 1 aromatic carbocycles. The van der Waals surface area contributed by atoms with Gasteiger partial charge in [-0.25, -0.2) is 4.98 Å². The number of hydrogen-bond acceptors (Lipinski definition) is 3. The van der Waals surface area contributed by atoms with Gasteiger partial charge >= 0.3 is 0 Å². The lowest BCUT2D eigenvalue weighted by Crippen LogP contribution is -2.22. The van der Waals surface area contributed by atoms with E-state index in [-0.39, 0.29) is 5.56 Å². The monoisotopic (exact) mass is 265 g/mol. The molecule has 0 radical (unpaired) electrons. The van der Waals surface area contributed by atoms with Gasteiger partial charge in [0.1, 0.15) is 11.5 Å². The van der Waals surface area contributed by atoms with Crippen molar-refractivity contribution in [2.75, 3.05) is 11.4 Å². The summed E-state index contributed by atoms with van der Waals surface area (Å²) in [6.45, 7) is 2.79. The van der Waals surface area contributed by atoms with Crippen LogP contribution in [0.4, 0.5) is 11.5 Å². The molecule has 0 N–H and O–H groups in total. The molecular formula is C16H15N3O. The largest absolute Gasteiger partial charge is 0.326 e. The van der Waals surface area contributed by atoms with Crippen molar-refractivity contribution < 1.29 is 0 Å². The second-order valence-corrected chi connectivity index (χ2v) is 4.46. The van der Waals surface area contributed by atoms with Crippen LogP contribution in [0, 0.1) is 0 Å². The SMILES string of the molecule is CCN(c1ccccc1)c1cc(=O)n2ccccc2n1. The molecule has 4 nitrogen and oxygen atoms in total. The molecule has 0 bridgehead atoms. The molecule has 4 heteroatoms. The molecule has 0 spiro atoms. The first kappa shape index (κ1) is 12.4. The molecule has 0 amide bonds. The van der Waals surface area contributed by atoms with Gasteiger partial charge in [0.15, 0.2) is 0 Å². The standard InChI is InChI=1S/C16H15N3O/c1-2-18(13-8-4-3-5-9-13)15-12-16(20)19-11-7-6-10-14(19)17-15/h3-12H,2H2,1H3. The van der Waals surface area contributed by atoms with Crippen LogP contribution in [0.5, 0.6) is 0 Å². The van der Waals surface area contributed by atoms with E-state index in [1.54, 1.807) is 16.7 Å². The summed E-state index contributed by atoms with van der Waals surface area (Å²) in [5, 5.41) is 0. The number of aromatic nitrogens is 2. The first-order chi connectivity index (χ1) is 9.79. The van der Waals surface area contributed by atoms with Crippen molar-refractivity contribution in [2.45, 2.75) is 6.92 Å². The van der Waals surface area contributed by atoms with Gasteiger partial charge in [0, 0.05) is 24.5 Å². The Bertz CT molecular complexity index is 780. The van der Waals surface area contributed by atoms with Crippen LogP contribution < -0.4 is 10.5 Å². The Morgan fingerprint density at radius 2 is 1.85 bits per heavy atom. The molecule has 0 saturated carbocycles. The van der Waals surface area contributed by atoms with Gasteiger partial charge in [0.05, 0.1) is 0 Å². The third-order valence-corrected chi connectivity index (χ3v) is 3.22. The molecule has 3 aromatic rings. The summed E-state index contributed by atoms with van der Waals surface area (Å²) in [7, 11) is 0. The maximum Gasteiger partial charge on any atom is 0.259 e. The van der Waals surface area contributed by atoms with Crippen molar-refractivity contribution in [2.24, 2.45) is 0 Å². The van der Waals surface area contributed by atoms with Crippen LogP contribution in [0.25, 0.3) is 5.65 Å². The Balaban J connectivity index is 2.16. The van der Waals surface area contributed by atoms with Crippen LogP contribution >= 0.6 is 0 Å². The minimum atomic E-state index is -0.0695. The van der Waals surface area contributed by atoms with Crippen LogP contribution in [0.15, 0.2) is 65.6 Å². The van der Waals surface area contributed by atoms with Crippen LogP contribution in [0.3, 0.4) is 0 Å². The number of hydrogen-bond donors (Lipinski definition) is 0. The van der Waals surface area contributed by atoms with Crippen LogP contribution in [-0.2, 0) is 0 Å². The summed E-state index contributed by atoms with van der Waals surface area (Å²) in [4.78, 5) is 18.7. The lowest BCUT2D eigenvalue weighted by atomic mass is 10.3. The summed E-state index contributed by atoms with van der Waals surface area (Å²) in [5.74, 6) is 0.676. The van der Waals surface area contributed by atoms with Gasteiger partial charge < -0.3 is 4.90 Å². The zero-order valence-corrected chi connectivity index (χ0v) is 11.2. The second kappa shape index (κ2) is 5.17. The number of rotatable bonds is 3. The molecule has 20 heavy (non-hydrogen) atoms. The van der Waals surface area contributed by atoms with Crippen molar-refractivity contribution >= 4 is 17.2 Å². The Labute approximate surface area is 116 Å². The Morgan fingerprint density at radius 3 is 2.60 bits per heavy atom. The molecule has 2 aromatic heterocycles. The van der Waals surface area contributed by atoms with E-state index in [4.69, 9.17) is 0 Å². The van der Waals surface area contributed by atoms with Crippen molar-refractivity contribution in [1.29, 1.82) is 0 Å². The number of anilines is 2. The fraction of sp³-hybridized carbons (Fsp3) is 0.125. The molecular weight excluding hydrogens is 250 g/mol. The first-order valence-electron chi connectivity index (χ1n) is 6.60. The van der Waals surface area contributed by atoms with Crippen LogP contribution in [0.2, 0.25) is 0 Å². The lowest BCUT2D eigenvalue weighted by Gasteiger charge is -2.22. The average molecular weight is 265 g/mol. The minimum absolute atomic E-state index is 0.0695. The molecule has 100 valence electrons. The molecule has 0 aliphatic rings. The smallest absolute Gasteiger partial charge is 0.259 e. The highest BCUT2D eigenvalue weighted by Crippen LogP contribution is 2.22. The summed E-state index contributed by atoms with van der Waals surface area (Å²) in [5.41, 5.74) is 1.62. The van der Waals surface area contributed by atoms with E-state index in [2.05, 4.69) is 4.98 Å². The molecule has 0 atom stereocenters. The second-order valence-electron chi connectivity index (χ2n) is 4.46. The maximum absolute atomic E-state index is 12.1. The van der Waals surface area contributed by atoms with E-state index in [0.29, 0.717) is 11.5 Å². The lowest BCUT2D eigenvalue weighted by molar-refractivity contribution is 0.961. The fourth-order valence-corrected chi connectivity index (χ4v) is 2.26. The van der Waals surface area contributed by atoms with Gasteiger partial charge in [-0.1, -0.05) is 24.3 Å². The van der Waals surface area contributed by atoms with Gasteiger partial charge in [-0.15, -0.1) is 0 Å². The molecule has 0 aliphatic carbocycles. The molecule has 0 aliphatic heterocycles. The van der Waals surface area contributed by atoms with Crippen LogP contribution in [-0.4, -0.2) is 15.9 Å². The van der Waals surface area contributed by atoms with Crippen molar-refractivity contribution in [3.05, 3.63) is 71.1 Å². The Morgan fingerprint density at radius 1 is 1.10 bits per heavy atom. The zero-order chi connectivity index (χ0) is 13.9. The fourth-order valence-electron chi connectivity index (χ4n) is 2.26. The van der Waals surface area contributed by atoms with Gasteiger partial charge in [-0.3, -0.25) is 9.20 Å². The number of para-hydroxylation sites is 1. The third kappa shape index (κ3) is 2.16. The molecule has 3 rings (SSSR count). The van der Waals surface area contributed by atoms with E-state index in [1.807, 2.05) is 60.4 Å².